The van der Waals surface area contributed by atoms with Gasteiger partial charge in [0.15, 0.2) is 0 Å². The van der Waals surface area contributed by atoms with Crippen LogP contribution in [0.4, 0.5) is 11.4 Å². The fraction of sp³-hybridized carbons (Fsp3) is 0.133. The Morgan fingerprint density at radius 2 is 1.89 bits per heavy atom. The molecule has 2 aromatic rings. The van der Waals surface area contributed by atoms with Gasteiger partial charge in [-0.1, -0.05) is 22.0 Å². The molecule has 0 unspecified atom stereocenters. The quantitative estimate of drug-likeness (QED) is 0.874. The molecular formula is C15H13BrN2. The zero-order valence-electron chi connectivity index (χ0n) is 10.3. The number of aryl methyl sites for hydroxylation is 2. The zero-order valence-corrected chi connectivity index (χ0v) is 11.9. The third kappa shape index (κ3) is 2.72. The van der Waals surface area contributed by atoms with E-state index in [4.69, 9.17) is 5.26 Å². The zero-order chi connectivity index (χ0) is 13.1. The smallest absolute Gasteiger partial charge is 0.101 e. The Kier molecular flexibility index (Phi) is 3.69. The van der Waals surface area contributed by atoms with E-state index in [2.05, 4.69) is 27.3 Å². The number of hydrogen-bond donors (Lipinski definition) is 1. The molecule has 0 aromatic heterocycles. The minimum atomic E-state index is 0.654. The highest BCUT2D eigenvalue weighted by molar-refractivity contribution is 9.10. The molecule has 2 nitrogen and oxygen atoms in total. The Labute approximate surface area is 115 Å². The summed E-state index contributed by atoms with van der Waals surface area (Å²) in [5, 5.41) is 12.4. The van der Waals surface area contributed by atoms with Crippen LogP contribution in [0, 0.1) is 25.2 Å². The van der Waals surface area contributed by atoms with Crippen molar-refractivity contribution in [2.45, 2.75) is 13.8 Å². The number of nitrogens with one attached hydrogen (secondary N) is 1. The first-order valence-electron chi connectivity index (χ1n) is 5.64. The summed E-state index contributed by atoms with van der Waals surface area (Å²) in [4.78, 5) is 0. The first-order chi connectivity index (χ1) is 8.60. The molecule has 2 aromatic carbocycles. The number of nitriles is 1. The van der Waals surface area contributed by atoms with Crippen molar-refractivity contribution < 1.29 is 0 Å². The predicted molar refractivity (Wildman–Crippen MR) is 78.1 cm³/mol. The lowest BCUT2D eigenvalue weighted by Gasteiger charge is -2.10. The van der Waals surface area contributed by atoms with E-state index in [-0.39, 0.29) is 0 Å². The van der Waals surface area contributed by atoms with Gasteiger partial charge in [-0.3, -0.25) is 0 Å². The molecule has 0 spiro atoms. The lowest BCUT2D eigenvalue weighted by molar-refractivity contribution is 1.39. The van der Waals surface area contributed by atoms with Crippen LogP contribution in [0.15, 0.2) is 40.9 Å². The highest BCUT2D eigenvalue weighted by atomic mass is 79.9. The van der Waals surface area contributed by atoms with Crippen molar-refractivity contribution in [1.29, 1.82) is 5.26 Å². The van der Waals surface area contributed by atoms with Gasteiger partial charge in [0.25, 0.3) is 0 Å². The summed E-state index contributed by atoms with van der Waals surface area (Å²) in [5.74, 6) is 0. The maximum atomic E-state index is 9.09. The number of nitrogens with zero attached hydrogens (tertiary/aromatic N) is 1. The molecule has 0 bridgehead atoms. The van der Waals surface area contributed by atoms with Crippen LogP contribution in [0.5, 0.6) is 0 Å². The van der Waals surface area contributed by atoms with Crippen LogP contribution in [0.2, 0.25) is 0 Å². The third-order valence-corrected chi connectivity index (χ3v) is 3.62. The molecule has 0 heterocycles. The van der Waals surface area contributed by atoms with Crippen molar-refractivity contribution in [1.82, 2.24) is 0 Å². The van der Waals surface area contributed by atoms with E-state index in [1.165, 1.54) is 0 Å². The molecule has 0 aliphatic rings. The Hall–Kier alpha value is -1.79. The summed E-state index contributed by atoms with van der Waals surface area (Å²) < 4.78 is 1.08. The summed E-state index contributed by atoms with van der Waals surface area (Å²) in [6, 6.07) is 14.0. The van der Waals surface area contributed by atoms with Gasteiger partial charge in [0, 0.05) is 10.2 Å². The average molecular weight is 301 g/mol. The van der Waals surface area contributed by atoms with Crippen LogP contribution >= 0.6 is 15.9 Å². The second-order valence-electron chi connectivity index (χ2n) is 4.25. The predicted octanol–water partition coefficient (Wildman–Crippen LogP) is 4.68. The SMILES string of the molecule is Cc1ccc(C#N)c(Nc2ccc(Br)c(C)c2)c1. The van der Waals surface area contributed by atoms with E-state index < -0.39 is 0 Å². The van der Waals surface area contributed by atoms with Gasteiger partial charge in [0.1, 0.15) is 6.07 Å². The van der Waals surface area contributed by atoms with Crippen LogP contribution in [-0.2, 0) is 0 Å². The van der Waals surface area contributed by atoms with Crippen molar-refractivity contribution in [2.75, 3.05) is 5.32 Å². The second-order valence-corrected chi connectivity index (χ2v) is 5.10. The number of anilines is 2. The topological polar surface area (TPSA) is 35.8 Å². The number of hydrogen-bond acceptors (Lipinski definition) is 2. The van der Waals surface area contributed by atoms with Gasteiger partial charge in [-0.25, -0.2) is 0 Å². The summed E-state index contributed by atoms with van der Waals surface area (Å²) in [6.07, 6.45) is 0. The molecule has 90 valence electrons. The first kappa shape index (κ1) is 12.7. The molecule has 3 heteroatoms. The normalized spacial score (nSPS) is 9.89. The minimum Gasteiger partial charge on any atom is -0.354 e. The van der Waals surface area contributed by atoms with Crippen molar-refractivity contribution in [2.24, 2.45) is 0 Å². The molecule has 0 amide bonds. The lowest BCUT2D eigenvalue weighted by atomic mass is 10.1. The number of benzene rings is 2. The van der Waals surface area contributed by atoms with E-state index in [0.29, 0.717) is 5.56 Å². The van der Waals surface area contributed by atoms with E-state index >= 15 is 0 Å². The number of rotatable bonds is 2. The molecule has 0 aliphatic heterocycles. The fourth-order valence-electron chi connectivity index (χ4n) is 1.74. The van der Waals surface area contributed by atoms with Gasteiger partial charge in [-0.05, 0) is 55.3 Å². The Morgan fingerprint density at radius 3 is 2.56 bits per heavy atom. The highest BCUT2D eigenvalue weighted by Gasteiger charge is 2.03. The van der Waals surface area contributed by atoms with Gasteiger partial charge >= 0.3 is 0 Å². The van der Waals surface area contributed by atoms with E-state index in [1.807, 2.05) is 50.2 Å². The molecule has 2 rings (SSSR count). The first-order valence-corrected chi connectivity index (χ1v) is 6.43. The summed E-state index contributed by atoms with van der Waals surface area (Å²) >= 11 is 3.47. The molecule has 0 fully saturated rings. The van der Waals surface area contributed by atoms with Crippen LogP contribution < -0.4 is 5.32 Å². The van der Waals surface area contributed by atoms with Crippen LogP contribution in [0.25, 0.3) is 0 Å². The summed E-state index contributed by atoms with van der Waals surface area (Å²) in [5.41, 5.74) is 4.77. The summed E-state index contributed by atoms with van der Waals surface area (Å²) in [7, 11) is 0. The van der Waals surface area contributed by atoms with Crippen molar-refractivity contribution in [3.8, 4) is 6.07 Å². The van der Waals surface area contributed by atoms with Crippen LogP contribution in [-0.4, -0.2) is 0 Å². The molecule has 0 aliphatic carbocycles. The largest absolute Gasteiger partial charge is 0.354 e. The van der Waals surface area contributed by atoms with E-state index in [1.54, 1.807) is 0 Å². The Balaban J connectivity index is 2.36. The van der Waals surface area contributed by atoms with Gasteiger partial charge in [0.2, 0.25) is 0 Å². The number of halogens is 1. The van der Waals surface area contributed by atoms with Crippen molar-refractivity contribution >= 4 is 27.3 Å². The van der Waals surface area contributed by atoms with Crippen molar-refractivity contribution in [3.63, 3.8) is 0 Å². The molecule has 0 atom stereocenters. The lowest BCUT2D eigenvalue weighted by Crippen LogP contribution is -1.95. The van der Waals surface area contributed by atoms with E-state index in [9.17, 15) is 0 Å². The van der Waals surface area contributed by atoms with Gasteiger partial charge in [-0.15, -0.1) is 0 Å². The van der Waals surface area contributed by atoms with Crippen LogP contribution in [0.3, 0.4) is 0 Å². The average Bonchev–Trinajstić information content (AvgIpc) is 2.34. The monoisotopic (exact) mass is 300 g/mol. The molecule has 18 heavy (non-hydrogen) atoms. The summed E-state index contributed by atoms with van der Waals surface area (Å²) in [6.45, 7) is 4.05. The van der Waals surface area contributed by atoms with Gasteiger partial charge < -0.3 is 5.32 Å². The van der Waals surface area contributed by atoms with Gasteiger partial charge in [0.05, 0.1) is 11.3 Å². The molecule has 0 saturated carbocycles. The molecular weight excluding hydrogens is 288 g/mol. The molecule has 1 N–H and O–H groups in total. The highest BCUT2D eigenvalue weighted by Crippen LogP contribution is 2.25. The molecule has 0 radical (unpaired) electrons. The Bertz CT molecular complexity index is 627. The van der Waals surface area contributed by atoms with E-state index in [0.717, 1.165) is 27.0 Å². The minimum absolute atomic E-state index is 0.654. The third-order valence-electron chi connectivity index (χ3n) is 2.73. The maximum absolute atomic E-state index is 9.09. The maximum Gasteiger partial charge on any atom is 0.101 e. The van der Waals surface area contributed by atoms with Gasteiger partial charge in [-0.2, -0.15) is 5.26 Å². The Morgan fingerprint density at radius 1 is 1.11 bits per heavy atom. The van der Waals surface area contributed by atoms with Crippen LogP contribution in [0.1, 0.15) is 16.7 Å². The second kappa shape index (κ2) is 5.24. The standard InChI is InChI=1S/C15H13BrN2/c1-10-3-4-12(9-17)15(7-10)18-13-5-6-14(16)11(2)8-13/h3-8,18H,1-2H3. The van der Waals surface area contributed by atoms with Crippen molar-refractivity contribution in [3.05, 3.63) is 57.6 Å². The fourth-order valence-corrected chi connectivity index (χ4v) is 1.98. The molecule has 0 saturated heterocycles.